The summed E-state index contributed by atoms with van der Waals surface area (Å²) in [5, 5.41) is 18.5. The predicted octanol–water partition coefficient (Wildman–Crippen LogP) is 5.75. The highest BCUT2D eigenvalue weighted by Crippen LogP contribution is 2.38. The zero-order valence-electron chi connectivity index (χ0n) is 22.7. The molecule has 0 amide bonds. The number of aromatic nitrogens is 1. The van der Waals surface area contributed by atoms with Gasteiger partial charge in [0, 0.05) is 56.1 Å². The van der Waals surface area contributed by atoms with E-state index in [0.717, 1.165) is 49.2 Å². The van der Waals surface area contributed by atoms with Gasteiger partial charge in [0.25, 0.3) is 5.69 Å². The third-order valence-corrected chi connectivity index (χ3v) is 8.49. The van der Waals surface area contributed by atoms with Crippen molar-refractivity contribution in [3.63, 3.8) is 0 Å². The molecule has 13 heteroatoms. The second-order valence-corrected chi connectivity index (χ2v) is 11.3. The molecule has 2 aromatic rings. The molecule has 3 aliphatic rings. The van der Waals surface area contributed by atoms with Gasteiger partial charge in [0.2, 0.25) is 5.88 Å². The van der Waals surface area contributed by atoms with Crippen molar-refractivity contribution in [3.05, 3.63) is 52.1 Å². The van der Waals surface area contributed by atoms with E-state index in [-0.39, 0.29) is 17.8 Å². The molecule has 1 saturated heterocycles. The van der Waals surface area contributed by atoms with Gasteiger partial charge in [-0.05, 0) is 68.9 Å². The van der Waals surface area contributed by atoms with E-state index in [4.69, 9.17) is 21.9 Å². The number of ether oxygens (including phenoxy) is 1. The minimum atomic E-state index is -4.81. The van der Waals surface area contributed by atoms with Crippen LogP contribution in [0.2, 0.25) is 0 Å². The summed E-state index contributed by atoms with van der Waals surface area (Å²) < 4.78 is 46.2. The van der Waals surface area contributed by atoms with E-state index in [0.29, 0.717) is 37.6 Å². The van der Waals surface area contributed by atoms with Gasteiger partial charge >= 0.3 is 6.18 Å². The minimum absolute atomic E-state index is 0.0470. The highest BCUT2D eigenvalue weighted by atomic mass is 32.1. The Labute approximate surface area is 242 Å². The fourth-order valence-corrected chi connectivity index (χ4v) is 6.21. The largest absolute Gasteiger partial charge is 0.474 e. The third-order valence-electron chi connectivity index (χ3n) is 8.11. The van der Waals surface area contributed by atoms with Crippen LogP contribution in [0, 0.1) is 10.1 Å². The molecule has 0 bridgehead atoms. The molecular weight excluding hydrogens is 557 g/mol. The van der Waals surface area contributed by atoms with Gasteiger partial charge in [-0.3, -0.25) is 10.1 Å². The van der Waals surface area contributed by atoms with Crippen LogP contribution < -0.4 is 20.3 Å². The first-order valence-electron chi connectivity index (χ1n) is 14.2. The monoisotopic (exact) mass is 592 g/mol. The SMILES string of the molecule is O=[N+]([O-])c1ccc(N[C@H]2CC[C@H](Oc3cccc(N4CCN(C(=S)NC5CCCC5)CC4)n3)CC2)cc1C(F)(F)F. The quantitative estimate of drug-likeness (QED) is 0.237. The first kappa shape index (κ1) is 29.2. The van der Waals surface area contributed by atoms with Crippen LogP contribution in [0.4, 0.5) is 30.4 Å². The molecule has 222 valence electrons. The van der Waals surface area contributed by atoms with Crippen molar-refractivity contribution in [1.29, 1.82) is 0 Å². The maximum atomic E-state index is 13.3. The van der Waals surface area contributed by atoms with Crippen molar-refractivity contribution < 1.29 is 22.8 Å². The second kappa shape index (κ2) is 12.7. The first-order valence-corrected chi connectivity index (χ1v) is 14.6. The van der Waals surface area contributed by atoms with E-state index in [9.17, 15) is 23.3 Å². The maximum Gasteiger partial charge on any atom is 0.423 e. The van der Waals surface area contributed by atoms with Crippen LogP contribution in [-0.2, 0) is 6.18 Å². The smallest absolute Gasteiger partial charge is 0.423 e. The Hall–Kier alpha value is -3.35. The molecule has 9 nitrogen and oxygen atoms in total. The average Bonchev–Trinajstić information content (AvgIpc) is 3.47. The van der Waals surface area contributed by atoms with Gasteiger partial charge in [-0.2, -0.15) is 18.2 Å². The topological polar surface area (TPSA) is 95.8 Å². The minimum Gasteiger partial charge on any atom is -0.474 e. The lowest BCUT2D eigenvalue weighted by Crippen LogP contribution is -2.53. The van der Waals surface area contributed by atoms with E-state index >= 15 is 0 Å². The van der Waals surface area contributed by atoms with E-state index in [1.54, 1.807) is 0 Å². The van der Waals surface area contributed by atoms with Gasteiger partial charge in [-0.1, -0.05) is 18.9 Å². The summed E-state index contributed by atoms with van der Waals surface area (Å²) in [5.74, 6) is 1.43. The maximum absolute atomic E-state index is 13.3. The summed E-state index contributed by atoms with van der Waals surface area (Å²) in [7, 11) is 0. The summed E-state index contributed by atoms with van der Waals surface area (Å²) in [5.41, 5.74) is -1.98. The number of alkyl halides is 3. The summed E-state index contributed by atoms with van der Waals surface area (Å²) in [4.78, 5) is 19.2. The number of nitro benzene ring substituents is 1. The van der Waals surface area contributed by atoms with Crippen LogP contribution in [0.3, 0.4) is 0 Å². The van der Waals surface area contributed by atoms with Crippen molar-refractivity contribution in [2.24, 2.45) is 0 Å². The van der Waals surface area contributed by atoms with Gasteiger partial charge in [0.05, 0.1) is 4.92 Å². The summed E-state index contributed by atoms with van der Waals surface area (Å²) >= 11 is 5.64. The van der Waals surface area contributed by atoms with Gasteiger partial charge in [-0.25, -0.2) is 0 Å². The molecule has 41 heavy (non-hydrogen) atoms. The number of pyridine rings is 1. The average molecular weight is 593 g/mol. The number of nitrogens with zero attached hydrogens (tertiary/aromatic N) is 4. The lowest BCUT2D eigenvalue weighted by molar-refractivity contribution is -0.388. The molecule has 2 heterocycles. The number of anilines is 2. The Morgan fingerprint density at radius 2 is 1.71 bits per heavy atom. The van der Waals surface area contributed by atoms with Crippen molar-refractivity contribution in [1.82, 2.24) is 15.2 Å². The molecule has 2 aliphatic carbocycles. The summed E-state index contributed by atoms with van der Waals surface area (Å²) in [6.07, 6.45) is 2.89. The third kappa shape index (κ3) is 7.49. The number of nitro groups is 1. The molecule has 2 N–H and O–H groups in total. The molecule has 1 aliphatic heterocycles. The number of hydrogen-bond donors (Lipinski definition) is 2. The van der Waals surface area contributed by atoms with Crippen LogP contribution in [0.1, 0.15) is 56.9 Å². The molecule has 2 saturated carbocycles. The van der Waals surface area contributed by atoms with Crippen molar-refractivity contribution >= 4 is 34.5 Å². The molecule has 5 rings (SSSR count). The molecular formula is C28H35F3N6O3S. The Balaban J connectivity index is 1.09. The Kier molecular flexibility index (Phi) is 9.00. The number of benzene rings is 1. The molecule has 1 aromatic carbocycles. The number of nitrogens with one attached hydrogen (secondary N) is 2. The number of rotatable bonds is 7. The number of hydrogen-bond acceptors (Lipinski definition) is 7. The normalized spacial score (nSPS) is 21.9. The molecule has 0 atom stereocenters. The van der Waals surface area contributed by atoms with Crippen molar-refractivity contribution in [2.45, 2.75) is 75.7 Å². The number of piperazine rings is 1. The highest BCUT2D eigenvalue weighted by molar-refractivity contribution is 7.80. The van der Waals surface area contributed by atoms with Crippen LogP contribution >= 0.6 is 12.2 Å². The molecule has 0 radical (unpaired) electrons. The summed E-state index contributed by atoms with van der Waals surface area (Å²) in [6.45, 7) is 3.31. The number of thiocarbonyl (C=S) groups is 1. The van der Waals surface area contributed by atoms with Gasteiger partial charge < -0.3 is 25.2 Å². The standard InChI is InChI=1S/C28H35F3N6O3S/c29-28(30,31)23-18-21(10-13-24(23)37(38)39)32-20-8-11-22(12-9-20)40-26-7-3-6-25(34-26)35-14-16-36(17-15-35)27(41)33-19-4-1-2-5-19/h3,6-7,10,13,18-20,22,32H,1-2,4-5,8-9,11-12,14-17H2,(H,33,41)/t20-,22-. The van der Waals surface area contributed by atoms with Crippen LogP contribution in [0.25, 0.3) is 0 Å². The van der Waals surface area contributed by atoms with Crippen molar-refractivity contribution in [3.8, 4) is 5.88 Å². The molecule has 3 fully saturated rings. The lowest BCUT2D eigenvalue weighted by atomic mass is 9.92. The molecule has 0 unspecified atom stereocenters. The number of halogens is 3. The van der Waals surface area contributed by atoms with E-state index in [1.807, 2.05) is 18.2 Å². The fraction of sp³-hybridized carbons (Fsp3) is 0.571. The van der Waals surface area contributed by atoms with E-state index in [2.05, 4.69) is 20.4 Å². The molecule has 1 aromatic heterocycles. The van der Waals surface area contributed by atoms with Crippen LogP contribution in [-0.4, -0.2) is 64.3 Å². The zero-order valence-corrected chi connectivity index (χ0v) is 23.6. The fourth-order valence-electron chi connectivity index (χ4n) is 5.86. The Morgan fingerprint density at radius 1 is 1.00 bits per heavy atom. The van der Waals surface area contributed by atoms with Gasteiger partial charge in [-0.15, -0.1) is 0 Å². The predicted molar refractivity (Wildman–Crippen MR) is 154 cm³/mol. The highest BCUT2D eigenvalue weighted by Gasteiger charge is 2.38. The Morgan fingerprint density at radius 3 is 2.37 bits per heavy atom. The zero-order chi connectivity index (χ0) is 29.0. The van der Waals surface area contributed by atoms with E-state index < -0.39 is 22.4 Å². The van der Waals surface area contributed by atoms with Crippen LogP contribution in [0.15, 0.2) is 36.4 Å². The second-order valence-electron chi connectivity index (χ2n) is 11.0. The van der Waals surface area contributed by atoms with Crippen LogP contribution in [0.5, 0.6) is 5.88 Å². The van der Waals surface area contributed by atoms with Crippen molar-refractivity contribution in [2.75, 3.05) is 36.4 Å². The van der Waals surface area contributed by atoms with Gasteiger partial charge in [0.1, 0.15) is 17.5 Å². The van der Waals surface area contributed by atoms with E-state index in [1.165, 1.54) is 31.7 Å². The Bertz CT molecular complexity index is 1230. The molecule has 0 spiro atoms. The summed E-state index contributed by atoms with van der Waals surface area (Å²) in [6, 6.07) is 9.27. The first-order chi connectivity index (χ1) is 19.7. The lowest BCUT2D eigenvalue weighted by Gasteiger charge is -2.37. The van der Waals surface area contributed by atoms with Gasteiger partial charge in [0.15, 0.2) is 5.11 Å².